The molecule has 0 spiro atoms. The molecule has 16 heavy (non-hydrogen) atoms. The van der Waals surface area contributed by atoms with Crippen molar-refractivity contribution < 1.29 is 5.11 Å². The lowest BCUT2D eigenvalue weighted by Crippen LogP contribution is -2.12. The average Bonchev–Trinajstić information content (AvgIpc) is 2.67. The molecule has 84 valence electrons. The largest absolute Gasteiger partial charge is 0.508 e. The van der Waals surface area contributed by atoms with Gasteiger partial charge in [0.15, 0.2) is 0 Å². The number of hydrogen-bond donors (Lipinski definition) is 2. The first-order valence-corrected chi connectivity index (χ1v) is 6.03. The second-order valence-electron chi connectivity index (χ2n) is 3.29. The average molecular weight is 255 g/mol. The van der Waals surface area contributed by atoms with Gasteiger partial charge in [-0.2, -0.15) is 0 Å². The predicted octanol–water partition coefficient (Wildman–Crippen LogP) is 2.79. The molecule has 2 rings (SSSR count). The van der Waals surface area contributed by atoms with Crippen molar-refractivity contribution in [3.8, 4) is 5.75 Å². The Kier molecular flexibility index (Phi) is 3.77. The summed E-state index contributed by atoms with van der Waals surface area (Å²) < 4.78 is 0.694. The van der Waals surface area contributed by atoms with Gasteiger partial charge in [0.2, 0.25) is 0 Å². The summed E-state index contributed by atoms with van der Waals surface area (Å²) >= 11 is 7.23. The summed E-state index contributed by atoms with van der Waals surface area (Å²) in [5, 5.41) is 13.7. The van der Waals surface area contributed by atoms with Crippen molar-refractivity contribution in [1.82, 2.24) is 10.3 Å². The van der Waals surface area contributed by atoms with E-state index in [2.05, 4.69) is 10.3 Å². The normalized spacial score (nSPS) is 10.6. The Morgan fingerprint density at radius 2 is 2.12 bits per heavy atom. The Balaban J connectivity index is 1.87. The number of nitrogens with one attached hydrogen (secondary N) is 1. The molecule has 0 aliphatic carbocycles. The highest BCUT2D eigenvalue weighted by atomic mass is 35.5. The number of hydrogen-bond acceptors (Lipinski definition) is 4. The van der Waals surface area contributed by atoms with Gasteiger partial charge < -0.3 is 10.4 Å². The zero-order valence-corrected chi connectivity index (χ0v) is 10.1. The second kappa shape index (κ2) is 5.30. The molecule has 0 atom stereocenters. The first-order valence-electron chi connectivity index (χ1n) is 4.83. The van der Waals surface area contributed by atoms with Crippen LogP contribution in [0.1, 0.15) is 10.6 Å². The van der Waals surface area contributed by atoms with Gasteiger partial charge in [0, 0.05) is 18.7 Å². The Morgan fingerprint density at radius 1 is 1.31 bits per heavy atom. The fourth-order valence-corrected chi connectivity index (χ4v) is 2.26. The molecule has 0 radical (unpaired) electrons. The molecular formula is C11H11ClN2OS. The minimum absolute atomic E-state index is 0.312. The van der Waals surface area contributed by atoms with Crippen LogP contribution in [0.2, 0.25) is 4.34 Å². The van der Waals surface area contributed by atoms with E-state index in [0.717, 1.165) is 10.6 Å². The van der Waals surface area contributed by atoms with Crippen LogP contribution < -0.4 is 5.32 Å². The molecule has 0 amide bonds. The third kappa shape index (κ3) is 2.95. The van der Waals surface area contributed by atoms with Gasteiger partial charge in [-0.25, -0.2) is 4.98 Å². The maximum Gasteiger partial charge on any atom is 0.120 e. The van der Waals surface area contributed by atoms with E-state index in [1.54, 1.807) is 18.3 Å². The van der Waals surface area contributed by atoms with Gasteiger partial charge in [-0.1, -0.05) is 29.8 Å². The number of phenols is 1. The van der Waals surface area contributed by atoms with E-state index in [9.17, 15) is 5.11 Å². The Morgan fingerprint density at radius 3 is 2.81 bits per heavy atom. The molecule has 0 bridgehead atoms. The highest BCUT2D eigenvalue weighted by molar-refractivity contribution is 7.15. The number of aromatic nitrogens is 1. The molecule has 1 aromatic carbocycles. The van der Waals surface area contributed by atoms with Gasteiger partial charge in [-0.3, -0.25) is 0 Å². The maximum atomic E-state index is 9.54. The Labute approximate surface area is 103 Å². The van der Waals surface area contributed by atoms with Crippen LogP contribution in [0.3, 0.4) is 0 Å². The summed E-state index contributed by atoms with van der Waals surface area (Å²) in [5.74, 6) is 0.312. The quantitative estimate of drug-likeness (QED) is 0.882. The second-order valence-corrected chi connectivity index (χ2v) is 5.04. The zero-order chi connectivity index (χ0) is 11.4. The Hall–Kier alpha value is -1.10. The van der Waals surface area contributed by atoms with Gasteiger partial charge in [-0.05, 0) is 6.07 Å². The highest BCUT2D eigenvalue weighted by Gasteiger charge is 2.01. The van der Waals surface area contributed by atoms with Crippen LogP contribution in [-0.4, -0.2) is 10.1 Å². The first kappa shape index (κ1) is 11.4. The van der Waals surface area contributed by atoms with E-state index >= 15 is 0 Å². The maximum absolute atomic E-state index is 9.54. The molecule has 0 aliphatic heterocycles. The van der Waals surface area contributed by atoms with Crippen molar-refractivity contribution in [2.75, 3.05) is 0 Å². The number of aromatic hydroxyl groups is 1. The number of rotatable bonds is 4. The molecular weight excluding hydrogens is 244 g/mol. The molecule has 3 nitrogen and oxygen atoms in total. The molecule has 0 saturated carbocycles. The summed E-state index contributed by atoms with van der Waals surface area (Å²) in [6, 6.07) is 7.27. The fraction of sp³-hybridized carbons (Fsp3) is 0.182. The molecule has 0 unspecified atom stereocenters. The number of benzene rings is 1. The van der Waals surface area contributed by atoms with Crippen molar-refractivity contribution in [2.45, 2.75) is 13.1 Å². The number of para-hydroxylation sites is 1. The molecule has 1 heterocycles. The van der Waals surface area contributed by atoms with Gasteiger partial charge in [0.1, 0.15) is 15.1 Å². The number of thiazole rings is 1. The summed E-state index contributed by atoms with van der Waals surface area (Å²) in [7, 11) is 0. The van der Waals surface area contributed by atoms with E-state index in [4.69, 9.17) is 11.6 Å². The van der Waals surface area contributed by atoms with Crippen LogP contribution in [0.5, 0.6) is 5.75 Å². The minimum Gasteiger partial charge on any atom is -0.508 e. The van der Waals surface area contributed by atoms with Crippen molar-refractivity contribution >= 4 is 22.9 Å². The molecule has 2 N–H and O–H groups in total. The molecule has 5 heteroatoms. The lowest BCUT2D eigenvalue weighted by molar-refractivity contribution is 0.464. The standard InChI is InChI=1S/C11H11ClN2OS/c12-10-6-14-11(16-10)7-13-5-8-3-1-2-4-9(8)15/h1-4,6,13,15H,5,7H2. The summed E-state index contributed by atoms with van der Waals surface area (Å²) in [4.78, 5) is 4.13. The van der Waals surface area contributed by atoms with Crippen LogP contribution >= 0.6 is 22.9 Å². The number of phenolic OH excluding ortho intramolecular Hbond substituents is 1. The third-order valence-corrected chi connectivity index (χ3v) is 3.22. The molecule has 1 aromatic heterocycles. The van der Waals surface area contributed by atoms with Crippen molar-refractivity contribution in [1.29, 1.82) is 0 Å². The first-order chi connectivity index (χ1) is 7.75. The van der Waals surface area contributed by atoms with E-state index < -0.39 is 0 Å². The Bertz CT molecular complexity index is 473. The van der Waals surface area contributed by atoms with Gasteiger partial charge in [0.25, 0.3) is 0 Å². The number of nitrogens with zero attached hydrogens (tertiary/aromatic N) is 1. The van der Waals surface area contributed by atoms with Crippen LogP contribution in [0.15, 0.2) is 30.5 Å². The number of halogens is 1. The van der Waals surface area contributed by atoms with Gasteiger partial charge in [-0.15, -0.1) is 11.3 Å². The predicted molar refractivity (Wildman–Crippen MR) is 65.8 cm³/mol. The van der Waals surface area contributed by atoms with Gasteiger partial charge >= 0.3 is 0 Å². The van der Waals surface area contributed by atoms with E-state index in [-0.39, 0.29) is 0 Å². The van der Waals surface area contributed by atoms with Crippen LogP contribution in [0.25, 0.3) is 0 Å². The summed E-state index contributed by atoms with van der Waals surface area (Å²) in [6.45, 7) is 1.27. The van der Waals surface area contributed by atoms with Gasteiger partial charge in [0.05, 0.1) is 6.20 Å². The molecule has 2 aromatic rings. The fourth-order valence-electron chi connectivity index (χ4n) is 1.33. The van der Waals surface area contributed by atoms with E-state index in [1.807, 2.05) is 12.1 Å². The van der Waals surface area contributed by atoms with Crippen molar-refractivity contribution in [3.05, 3.63) is 45.4 Å². The van der Waals surface area contributed by atoms with Crippen LogP contribution in [-0.2, 0) is 13.1 Å². The highest BCUT2D eigenvalue weighted by Crippen LogP contribution is 2.18. The van der Waals surface area contributed by atoms with Crippen molar-refractivity contribution in [2.24, 2.45) is 0 Å². The molecule has 0 aliphatic rings. The van der Waals surface area contributed by atoms with E-state index in [0.29, 0.717) is 23.2 Å². The SMILES string of the molecule is Oc1ccccc1CNCc1ncc(Cl)s1. The lowest BCUT2D eigenvalue weighted by Gasteiger charge is -2.04. The smallest absolute Gasteiger partial charge is 0.120 e. The lowest BCUT2D eigenvalue weighted by atomic mass is 10.2. The van der Waals surface area contributed by atoms with Crippen LogP contribution in [0, 0.1) is 0 Å². The topological polar surface area (TPSA) is 45.1 Å². The molecule has 0 fully saturated rings. The van der Waals surface area contributed by atoms with E-state index in [1.165, 1.54) is 11.3 Å². The third-order valence-electron chi connectivity index (χ3n) is 2.11. The van der Waals surface area contributed by atoms with Crippen LogP contribution in [0.4, 0.5) is 0 Å². The minimum atomic E-state index is 0.312. The summed E-state index contributed by atoms with van der Waals surface area (Å²) in [5.41, 5.74) is 0.880. The summed E-state index contributed by atoms with van der Waals surface area (Å²) in [6.07, 6.45) is 1.64. The molecule has 0 saturated heterocycles. The zero-order valence-electron chi connectivity index (χ0n) is 8.48. The monoisotopic (exact) mass is 254 g/mol. The van der Waals surface area contributed by atoms with Crippen molar-refractivity contribution in [3.63, 3.8) is 0 Å².